The van der Waals surface area contributed by atoms with Crippen LogP contribution in [0.25, 0.3) is 0 Å². The molecule has 0 saturated heterocycles. The van der Waals surface area contributed by atoms with Gasteiger partial charge in [0.05, 0.1) is 12.8 Å². The second-order valence-corrected chi connectivity index (χ2v) is 5.48. The minimum absolute atomic E-state index is 0.190. The van der Waals surface area contributed by atoms with E-state index in [1.54, 1.807) is 18.2 Å². The summed E-state index contributed by atoms with van der Waals surface area (Å²) in [6, 6.07) is 10.8. The fourth-order valence-electron chi connectivity index (χ4n) is 2.02. The molecule has 0 bridgehead atoms. The van der Waals surface area contributed by atoms with Gasteiger partial charge in [-0.3, -0.25) is 4.79 Å². The number of halogens is 1. The SMILES string of the molecule is CCc1cc(Br)ccc1NC(=O)c1ccc(N)c(OC)c1. The largest absolute Gasteiger partial charge is 0.495 e. The van der Waals surface area contributed by atoms with Crippen LogP contribution in [0.4, 0.5) is 11.4 Å². The van der Waals surface area contributed by atoms with E-state index in [0.717, 1.165) is 22.1 Å². The maximum absolute atomic E-state index is 12.3. The van der Waals surface area contributed by atoms with E-state index in [4.69, 9.17) is 10.5 Å². The molecular formula is C16H17BrN2O2. The third kappa shape index (κ3) is 3.55. The van der Waals surface area contributed by atoms with Crippen molar-refractivity contribution in [2.24, 2.45) is 0 Å². The maximum atomic E-state index is 12.3. The second kappa shape index (κ2) is 6.63. The zero-order valence-electron chi connectivity index (χ0n) is 11.9. The summed E-state index contributed by atoms with van der Waals surface area (Å²) in [7, 11) is 1.53. The van der Waals surface area contributed by atoms with Crippen molar-refractivity contribution in [1.29, 1.82) is 0 Å². The first kappa shape index (κ1) is 15.4. The number of ether oxygens (including phenoxy) is 1. The molecule has 0 unspecified atom stereocenters. The van der Waals surface area contributed by atoms with Crippen molar-refractivity contribution < 1.29 is 9.53 Å². The van der Waals surface area contributed by atoms with Crippen molar-refractivity contribution in [2.45, 2.75) is 13.3 Å². The Kier molecular flexibility index (Phi) is 4.85. The third-order valence-corrected chi connectivity index (χ3v) is 3.69. The van der Waals surface area contributed by atoms with Crippen LogP contribution in [-0.2, 0) is 6.42 Å². The number of nitrogen functional groups attached to an aromatic ring is 1. The molecule has 0 aliphatic carbocycles. The molecule has 5 heteroatoms. The summed E-state index contributed by atoms with van der Waals surface area (Å²) in [6.07, 6.45) is 0.833. The van der Waals surface area contributed by atoms with E-state index in [2.05, 4.69) is 21.2 Å². The Hall–Kier alpha value is -2.01. The van der Waals surface area contributed by atoms with E-state index < -0.39 is 0 Å². The molecule has 110 valence electrons. The molecule has 3 N–H and O–H groups in total. The number of rotatable bonds is 4. The van der Waals surface area contributed by atoms with Gasteiger partial charge in [0.25, 0.3) is 5.91 Å². The van der Waals surface area contributed by atoms with E-state index in [1.807, 2.05) is 25.1 Å². The lowest BCUT2D eigenvalue weighted by atomic mass is 10.1. The summed E-state index contributed by atoms with van der Waals surface area (Å²) in [5.74, 6) is 0.305. The Labute approximate surface area is 132 Å². The normalized spacial score (nSPS) is 10.2. The fourth-order valence-corrected chi connectivity index (χ4v) is 2.43. The van der Waals surface area contributed by atoms with Crippen LogP contribution in [0.5, 0.6) is 5.75 Å². The number of carbonyl (C=O) groups is 1. The monoisotopic (exact) mass is 348 g/mol. The first-order valence-corrected chi connectivity index (χ1v) is 7.37. The standard InChI is InChI=1S/C16H17BrN2O2/c1-3-10-8-12(17)5-7-14(10)19-16(20)11-4-6-13(18)15(9-11)21-2/h4-9H,3,18H2,1-2H3,(H,19,20). The van der Waals surface area contributed by atoms with Crippen LogP contribution in [0.3, 0.4) is 0 Å². The van der Waals surface area contributed by atoms with Crippen molar-refractivity contribution in [3.8, 4) is 5.75 Å². The van der Waals surface area contributed by atoms with Crippen LogP contribution < -0.4 is 15.8 Å². The fraction of sp³-hybridized carbons (Fsp3) is 0.188. The molecule has 0 saturated carbocycles. The van der Waals surface area contributed by atoms with Crippen LogP contribution in [-0.4, -0.2) is 13.0 Å². The number of aryl methyl sites for hydroxylation is 1. The lowest BCUT2D eigenvalue weighted by Gasteiger charge is -2.11. The Morgan fingerprint density at radius 2 is 2.05 bits per heavy atom. The molecular weight excluding hydrogens is 332 g/mol. The molecule has 0 aliphatic rings. The minimum atomic E-state index is -0.190. The number of amides is 1. The number of methoxy groups -OCH3 is 1. The molecule has 2 aromatic carbocycles. The first-order chi connectivity index (χ1) is 10.0. The van der Waals surface area contributed by atoms with E-state index in [0.29, 0.717) is 17.0 Å². The van der Waals surface area contributed by atoms with Gasteiger partial charge in [-0.2, -0.15) is 0 Å². The number of anilines is 2. The number of hydrogen-bond donors (Lipinski definition) is 2. The van der Waals surface area contributed by atoms with Crippen LogP contribution in [0.1, 0.15) is 22.8 Å². The molecule has 21 heavy (non-hydrogen) atoms. The number of carbonyl (C=O) groups excluding carboxylic acids is 1. The highest BCUT2D eigenvalue weighted by atomic mass is 79.9. The van der Waals surface area contributed by atoms with Gasteiger partial charge in [-0.15, -0.1) is 0 Å². The van der Waals surface area contributed by atoms with E-state index in [1.165, 1.54) is 7.11 Å². The average molecular weight is 349 g/mol. The minimum Gasteiger partial charge on any atom is -0.495 e. The molecule has 1 amide bonds. The van der Waals surface area contributed by atoms with Gasteiger partial charge in [-0.25, -0.2) is 0 Å². The van der Waals surface area contributed by atoms with Crippen molar-refractivity contribution in [3.05, 3.63) is 52.0 Å². The predicted octanol–water partition coefficient (Wildman–Crippen LogP) is 3.85. The number of nitrogens with one attached hydrogen (secondary N) is 1. The van der Waals surface area contributed by atoms with Gasteiger partial charge in [-0.1, -0.05) is 22.9 Å². The summed E-state index contributed by atoms with van der Waals surface area (Å²) in [6.45, 7) is 2.05. The molecule has 0 aromatic heterocycles. The first-order valence-electron chi connectivity index (χ1n) is 6.58. The summed E-state index contributed by atoms with van der Waals surface area (Å²) < 4.78 is 6.13. The molecule has 2 aromatic rings. The van der Waals surface area contributed by atoms with Crippen molar-refractivity contribution in [2.75, 3.05) is 18.2 Å². The van der Waals surface area contributed by atoms with Gasteiger partial charge in [0.2, 0.25) is 0 Å². The summed E-state index contributed by atoms with van der Waals surface area (Å²) in [5, 5.41) is 2.92. The molecule has 0 radical (unpaired) electrons. The average Bonchev–Trinajstić information content (AvgIpc) is 2.49. The van der Waals surface area contributed by atoms with E-state index >= 15 is 0 Å². The second-order valence-electron chi connectivity index (χ2n) is 4.57. The lowest BCUT2D eigenvalue weighted by Crippen LogP contribution is -2.13. The maximum Gasteiger partial charge on any atom is 0.255 e. The Balaban J connectivity index is 2.26. The van der Waals surface area contributed by atoms with Gasteiger partial charge < -0.3 is 15.8 Å². The number of benzene rings is 2. The van der Waals surface area contributed by atoms with Crippen LogP contribution >= 0.6 is 15.9 Å². The molecule has 0 spiro atoms. The molecule has 4 nitrogen and oxygen atoms in total. The Morgan fingerprint density at radius 1 is 1.29 bits per heavy atom. The summed E-state index contributed by atoms with van der Waals surface area (Å²) >= 11 is 3.43. The number of nitrogens with two attached hydrogens (primary N) is 1. The molecule has 0 heterocycles. The zero-order valence-corrected chi connectivity index (χ0v) is 13.5. The molecule has 0 aliphatic heterocycles. The van der Waals surface area contributed by atoms with Crippen molar-refractivity contribution in [1.82, 2.24) is 0 Å². The van der Waals surface area contributed by atoms with Gasteiger partial charge in [-0.05, 0) is 48.4 Å². The quantitative estimate of drug-likeness (QED) is 0.824. The molecule has 2 rings (SSSR count). The lowest BCUT2D eigenvalue weighted by molar-refractivity contribution is 0.102. The molecule has 0 fully saturated rings. The highest BCUT2D eigenvalue weighted by Crippen LogP contribution is 2.25. The van der Waals surface area contributed by atoms with Crippen LogP contribution in [0.2, 0.25) is 0 Å². The highest BCUT2D eigenvalue weighted by Gasteiger charge is 2.11. The van der Waals surface area contributed by atoms with E-state index in [9.17, 15) is 4.79 Å². The van der Waals surface area contributed by atoms with Crippen LogP contribution in [0, 0.1) is 0 Å². The number of hydrogen-bond acceptors (Lipinski definition) is 3. The zero-order chi connectivity index (χ0) is 15.4. The smallest absolute Gasteiger partial charge is 0.255 e. The third-order valence-electron chi connectivity index (χ3n) is 3.19. The van der Waals surface area contributed by atoms with Crippen LogP contribution in [0.15, 0.2) is 40.9 Å². The Morgan fingerprint density at radius 3 is 2.71 bits per heavy atom. The van der Waals surface area contributed by atoms with Crippen molar-refractivity contribution in [3.63, 3.8) is 0 Å². The Bertz CT molecular complexity index is 671. The van der Waals surface area contributed by atoms with Gasteiger partial charge in [0, 0.05) is 15.7 Å². The van der Waals surface area contributed by atoms with Crippen molar-refractivity contribution >= 4 is 33.2 Å². The predicted molar refractivity (Wildman–Crippen MR) is 88.9 cm³/mol. The van der Waals surface area contributed by atoms with E-state index in [-0.39, 0.29) is 5.91 Å². The van der Waals surface area contributed by atoms with Gasteiger partial charge in [0.15, 0.2) is 0 Å². The highest BCUT2D eigenvalue weighted by molar-refractivity contribution is 9.10. The van der Waals surface area contributed by atoms with Gasteiger partial charge in [0.1, 0.15) is 5.75 Å². The van der Waals surface area contributed by atoms with Gasteiger partial charge >= 0.3 is 0 Å². The summed E-state index contributed by atoms with van der Waals surface area (Å²) in [5.41, 5.74) is 8.64. The topological polar surface area (TPSA) is 64.4 Å². The molecule has 0 atom stereocenters. The summed E-state index contributed by atoms with van der Waals surface area (Å²) in [4.78, 5) is 12.3.